The van der Waals surface area contributed by atoms with E-state index in [2.05, 4.69) is 11.8 Å². The highest BCUT2D eigenvalue weighted by atomic mass is 16.5. The molecule has 112 valence electrons. The molecule has 0 amide bonds. The lowest BCUT2D eigenvalue weighted by Crippen LogP contribution is -2.03. The molecule has 2 aromatic rings. The van der Waals surface area contributed by atoms with Crippen LogP contribution in [0.15, 0.2) is 42.5 Å². The van der Waals surface area contributed by atoms with Gasteiger partial charge in [0.2, 0.25) is 0 Å². The first-order valence-electron chi connectivity index (χ1n) is 7.08. The predicted octanol–water partition coefficient (Wildman–Crippen LogP) is 3.21. The molecule has 0 spiro atoms. The smallest absolute Gasteiger partial charge is 0.302 e. The topological polar surface area (TPSA) is 46.5 Å². The molecule has 0 aliphatic rings. The van der Waals surface area contributed by atoms with Crippen LogP contribution < -0.4 is 0 Å². The van der Waals surface area contributed by atoms with Gasteiger partial charge in [0.25, 0.3) is 0 Å². The second-order valence-corrected chi connectivity index (χ2v) is 5.04. The van der Waals surface area contributed by atoms with E-state index in [1.807, 2.05) is 37.3 Å². The van der Waals surface area contributed by atoms with Gasteiger partial charge in [0.15, 0.2) is 0 Å². The minimum atomic E-state index is -0.258. The van der Waals surface area contributed by atoms with Crippen LogP contribution in [-0.2, 0) is 16.0 Å². The first-order chi connectivity index (χ1) is 10.5. The molecular formula is C19H18O3. The van der Waals surface area contributed by atoms with Crippen molar-refractivity contribution < 1.29 is 14.6 Å². The molecule has 0 aromatic heterocycles. The monoisotopic (exact) mass is 294 g/mol. The Bertz CT molecular complexity index is 719. The van der Waals surface area contributed by atoms with E-state index < -0.39 is 0 Å². The Morgan fingerprint density at radius 3 is 2.36 bits per heavy atom. The zero-order valence-electron chi connectivity index (χ0n) is 12.7. The third-order valence-electron chi connectivity index (χ3n) is 3.20. The van der Waals surface area contributed by atoms with Gasteiger partial charge in [-0.2, -0.15) is 0 Å². The molecule has 0 bridgehead atoms. The summed E-state index contributed by atoms with van der Waals surface area (Å²) in [6.07, 6.45) is 0.699. The van der Waals surface area contributed by atoms with Crippen LogP contribution in [0.2, 0.25) is 0 Å². The van der Waals surface area contributed by atoms with Crippen LogP contribution in [0.5, 0.6) is 5.75 Å². The van der Waals surface area contributed by atoms with Gasteiger partial charge in [-0.05, 0) is 48.4 Å². The third kappa shape index (κ3) is 4.68. The number of rotatable bonds is 3. The molecule has 1 N–H and O–H groups in total. The summed E-state index contributed by atoms with van der Waals surface area (Å²) >= 11 is 0. The number of hydrogen-bond donors (Lipinski definition) is 1. The van der Waals surface area contributed by atoms with Gasteiger partial charge in [-0.25, -0.2) is 0 Å². The van der Waals surface area contributed by atoms with Gasteiger partial charge in [-0.1, -0.05) is 24.0 Å². The SMILES string of the molecule is CC(=O)OCCc1ccc(C#Cc2ccc(O)c(C)c2)cc1. The predicted molar refractivity (Wildman–Crippen MR) is 85.6 cm³/mol. The number of benzene rings is 2. The number of phenols is 1. The lowest BCUT2D eigenvalue weighted by atomic mass is 10.1. The zero-order valence-corrected chi connectivity index (χ0v) is 12.7. The fraction of sp³-hybridized carbons (Fsp3) is 0.211. The largest absolute Gasteiger partial charge is 0.508 e. The highest BCUT2D eigenvalue weighted by molar-refractivity contribution is 5.65. The summed E-state index contributed by atoms with van der Waals surface area (Å²) in [5, 5.41) is 9.49. The van der Waals surface area contributed by atoms with E-state index in [1.165, 1.54) is 6.92 Å². The molecule has 3 nitrogen and oxygen atoms in total. The number of aryl methyl sites for hydroxylation is 1. The van der Waals surface area contributed by atoms with E-state index in [0.717, 1.165) is 22.3 Å². The molecule has 0 saturated carbocycles. The van der Waals surface area contributed by atoms with Crippen LogP contribution in [0.25, 0.3) is 0 Å². The van der Waals surface area contributed by atoms with Gasteiger partial charge >= 0.3 is 5.97 Å². The molecule has 0 aliphatic carbocycles. The first-order valence-corrected chi connectivity index (χ1v) is 7.08. The summed E-state index contributed by atoms with van der Waals surface area (Å²) in [6.45, 7) is 3.65. The molecule has 0 heterocycles. The fourth-order valence-electron chi connectivity index (χ4n) is 1.94. The lowest BCUT2D eigenvalue weighted by Gasteiger charge is -2.02. The van der Waals surface area contributed by atoms with E-state index in [0.29, 0.717) is 13.0 Å². The quantitative estimate of drug-likeness (QED) is 0.698. The second-order valence-electron chi connectivity index (χ2n) is 5.04. The molecule has 0 radical (unpaired) electrons. The number of ether oxygens (including phenoxy) is 1. The number of esters is 1. The summed E-state index contributed by atoms with van der Waals surface area (Å²) < 4.78 is 4.91. The molecular weight excluding hydrogens is 276 g/mol. The molecule has 0 fully saturated rings. The van der Waals surface area contributed by atoms with Crippen LogP contribution in [0.1, 0.15) is 29.2 Å². The zero-order chi connectivity index (χ0) is 15.9. The van der Waals surface area contributed by atoms with E-state index >= 15 is 0 Å². The number of carbonyl (C=O) groups excluding carboxylic acids is 1. The highest BCUT2D eigenvalue weighted by Crippen LogP contribution is 2.16. The van der Waals surface area contributed by atoms with Crippen molar-refractivity contribution in [3.8, 4) is 17.6 Å². The van der Waals surface area contributed by atoms with Crippen molar-refractivity contribution in [2.75, 3.05) is 6.61 Å². The minimum absolute atomic E-state index is 0.258. The Hall–Kier alpha value is -2.73. The van der Waals surface area contributed by atoms with Gasteiger partial charge < -0.3 is 9.84 Å². The average Bonchev–Trinajstić information content (AvgIpc) is 2.49. The summed E-state index contributed by atoms with van der Waals surface area (Å²) in [7, 11) is 0. The van der Waals surface area contributed by atoms with Crippen molar-refractivity contribution in [2.45, 2.75) is 20.3 Å². The Morgan fingerprint density at radius 1 is 1.09 bits per heavy atom. The maximum absolute atomic E-state index is 10.7. The van der Waals surface area contributed by atoms with Crippen LogP contribution in [0.3, 0.4) is 0 Å². The Labute approximate surface area is 130 Å². The number of hydrogen-bond acceptors (Lipinski definition) is 3. The number of phenolic OH excluding ortho intramolecular Hbond substituents is 1. The van der Waals surface area contributed by atoms with Crippen molar-refractivity contribution >= 4 is 5.97 Å². The van der Waals surface area contributed by atoms with Gasteiger partial charge in [0.1, 0.15) is 5.75 Å². The van der Waals surface area contributed by atoms with E-state index in [9.17, 15) is 9.90 Å². The van der Waals surface area contributed by atoms with Crippen LogP contribution in [-0.4, -0.2) is 17.7 Å². The molecule has 2 aromatic carbocycles. The van der Waals surface area contributed by atoms with Crippen LogP contribution in [0, 0.1) is 18.8 Å². The maximum atomic E-state index is 10.7. The molecule has 0 unspecified atom stereocenters. The van der Waals surface area contributed by atoms with Gasteiger partial charge in [0, 0.05) is 24.5 Å². The van der Waals surface area contributed by atoms with Crippen molar-refractivity contribution in [3.63, 3.8) is 0 Å². The maximum Gasteiger partial charge on any atom is 0.302 e. The minimum Gasteiger partial charge on any atom is -0.508 e. The van der Waals surface area contributed by atoms with Gasteiger partial charge in [-0.3, -0.25) is 4.79 Å². The van der Waals surface area contributed by atoms with E-state index in [1.54, 1.807) is 12.1 Å². The number of carbonyl (C=O) groups is 1. The van der Waals surface area contributed by atoms with Crippen molar-refractivity contribution in [3.05, 3.63) is 64.7 Å². The Kier molecular flexibility index (Phi) is 5.21. The standard InChI is InChI=1S/C19H18O3/c1-14-13-18(9-10-19(14)21)8-7-16-3-5-17(6-4-16)11-12-22-15(2)20/h3-6,9-10,13,21H,11-12H2,1-2H3. The van der Waals surface area contributed by atoms with Gasteiger partial charge in [-0.15, -0.1) is 0 Å². The van der Waals surface area contributed by atoms with Crippen molar-refractivity contribution in [1.82, 2.24) is 0 Å². The van der Waals surface area contributed by atoms with Crippen molar-refractivity contribution in [2.24, 2.45) is 0 Å². The van der Waals surface area contributed by atoms with Crippen LogP contribution in [0.4, 0.5) is 0 Å². The number of aromatic hydroxyl groups is 1. The van der Waals surface area contributed by atoms with Crippen LogP contribution >= 0.6 is 0 Å². The van der Waals surface area contributed by atoms with Crippen molar-refractivity contribution in [1.29, 1.82) is 0 Å². The Morgan fingerprint density at radius 2 is 1.73 bits per heavy atom. The molecule has 2 rings (SSSR count). The average molecular weight is 294 g/mol. The molecule has 0 saturated heterocycles. The molecule has 22 heavy (non-hydrogen) atoms. The summed E-state index contributed by atoms with van der Waals surface area (Å²) in [5.41, 5.74) is 3.70. The molecule has 0 atom stereocenters. The lowest BCUT2D eigenvalue weighted by molar-refractivity contribution is -0.140. The normalized spacial score (nSPS) is 9.73. The highest BCUT2D eigenvalue weighted by Gasteiger charge is 1.97. The van der Waals surface area contributed by atoms with E-state index in [-0.39, 0.29) is 11.7 Å². The third-order valence-corrected chi connectivity index (χ3v) is 3.20. The summed E-state index contributed by atoms with van der Waals surface area (Å²) in [6, 6.07) is 13.2. The van der Waals surface area contributed by atoms with E-state index in [4.69, 9.17) is 4.74 Å². The second kappa shape index (κ2) is 7.33. The summed E-state index contributed by atoms with van der Waals surface area (Å²) in [4.78, 5) is 10.7. The first kappa shape index (κ1) is 15.7. The molecule has 3 heteroatoms. The summed E-state index contributed by atoms with van der Waals surface area (Å²) in [5.74, 6) is 6.19. The molecule has 0 aliphatic heterocycles. The Balaban J connectivity index is 2.00. The van der Waals surface area contributed by atoms with Gasteiger partial charge in [0.05, 0.1) is 6.61 Å². The fourth-order valence-corrected chi connectivity index (χ4v) is 1.94.